The SMILES string of the molecule is C.CC(C)Cn1c2ccc(Nc3ccccn3)cc2c2c3c(c4c(c21)CCc1nn(C)cc1-4)C(=O)CC3. The van der Waals surface area contributed by atoms with Crippen molar-refractivity contribution in [2.45, 2.75) is 53.5 Å². The molecular weight excluding hydrogens is 458 g/mol. The largest absolute Gasteiger partial charge is 0.340 e. The smallest absolute Gasteiger partial charge is 0.164 e. The normalized spacial score (nSPS) is 14.1. The Balaban J connectivity index is 0.00000252. The van der Waals surface area contributed by atoms with E-state index in [0.29, 0.717) is 12.3 Å². The van der Waals surface area contributed by atoms with E-state index in [1.165, 1.54) is 32.9 Å². The molecule has 0 atom stereocenters. The molecule has 0 saturated heterocycles. The minimum absolute atomic E-state index is 0. The summed E-state index contributed by atoms with van der Waals surface area (Å²) < 4.78 is 4.41. The molecule has 0 saturated carbocycles. The number of nitrogens with zero attached hydrogens (tertiary/aromatic N) is 4. The van der Waals surface area contributed by atoms with E-state index in [4.69, 9.17) is 5.10 Å². The number of anilines is 2. The lowest BCUT2D eigenvalue weighted by molar-refractivity contribution is 0.0995. The van der Waals surface area contributed by atoms with Crippen LogP contribution in [0.1, 0.15) is 54.9 Å². The number of fused-ring (bicyclic) bond motifs is 10. The van der Waals surface area contributed by atoms with E-state index in [0.717, 1.165) is 59.7 Å². The number of nitrogens with one attached hydrogen (secondary N) is 1. The van der Waals surface area contributed by atoms with Crippen LogP contribution in [0.5, 0.6) is 0 Å². The van der Waals surface area contributed by atoms with Gasteiger partial charge < -0.3 is 9.88 Å². The molecule has 7 rings (SSSR count). The van der Waals surface area contributed by atoms with Crippen molar-refractivity contribution in [1.82, 2.24) is 19.3 Å². The van der Waals surface area contributed by atoms with Gasteiger partial charge in [-0.05, 0) is 66.6 Å². The van der Waals surface area contributed by atoms with Crippen LogP contribution in [0.15, 0.2) is 48.8 Å². The third-order valence-electron chi connectivity index (χ3n) is 7.66. The summed E-state index contributed by atoms with van der Waals surface area (Å²) >= 11 is 0. The first kappa shape index (κ1) is 23.5. The molecule has 0 spiro atoms. The first-order chi connectivity index (χ1) is 17.5. The number of pyridine rings is 1. The maximum Gasteiger partial charge on any atom is 0.164 e. The highest BCUT2D eigenvalue weighted by Gasteiger charge is 2.35. The number of rotatable bonds is 4. The molecule has 0 bridgehead atoms. The lowest BCUT2D eigenvalue weighted by atomic mass is 9.82. The Hall–Kier alpha value is -3.93. The maximum atomic E-state index is 13.4. The number of hydrogen-bond acceptors (Lipinski definition) is 4. The lowest BCUT2D eigenvalue weighted by Crippen LogP contribution is -2.12. The maximum absolute atomic E-state index is 13.4. The van der Waals surface area contributed by atoms with E-state index in [9.17, 15) is 4.79 Å². The number of aromatic nitrogens is 4. The van der Waals surface area contributed by atoms with Crippen LogP contribution in [-0.4, -0.2) is 25.1 Å². The van der Waals surface area contributed by atoms with E-state index in [-0.39, 0.29) is 13.2 Å². The zero-order chi connectivity index (χ0) is 24.6. The van der Waals surface area contributed by atoms with Gasteiger partial charge in [0.15, 0.2) is 5.78 Å². The average molecular weight is 492 g/mol. The quantitative estimate of drug-likeness (QED) is 0.298. The highest BCUT2D eigenvalue weighted by molar-refractivity contribution is 6.20. The van der Waals surface area contributed by atoms with Crippen molar-refractivity contribution in [1.29, 1.82) is 0 Å². The van der Waals surface area contributed by atoms with Gasteiger partial charge in [0.25, 0.3) is 0 Å². The summed E-state index contributed by atoms with van der Waals surface area (Å²) in [6.45, 7) is 5.49. The van der Waals surface area contributed by atoms with Crippen molar-refractivity contribution >= 4 is 39.1 Å². The molecule has 2 aromatic carbocycles. The van der Waals surface area contributed by atoms with E-state index in [2.05, 4.69) is 53.1 Å². The number of hydrogen-bond donors (Lipinski definition) is 1. The molecule has 1 N–H and O–H groups in total. The fourth-order valence-electron chi connectivity index (χ4n) is 6.37. The Bertz CT molecular complexity index is 1690. The molecule has 0 amide bonds. The summed E-state index contributed by atoms with van der Waals surface area (Å²) in [6.07, 6.45) is 7.10. The molecule has 0 aliphatic heterocycles. The van der Waals surface area contributed by atoms with Gasteiger partial charge in [-0.1, -0.05) is 27.3 Å². The summed E-state index contributed by atoms with van der Waals surface area (Å²) in [5.74, 6) is 1.59. The van der Waals surface area contributed by atoms with Crippen molar-refractivity contribution < 1.29 is 4.79 Å². The van der Waals surface area contributed by atoms with Crippen LogP contribution in [0, 0.1) is 5.92 Å². The summed E-state index contributed by atoms with van der Waals surface area (Å²) in [7, 11) is 1.98. The number of carbonyl (C=O) groups excluding carboxylic acids is 1. The molecule has 5 aromatic rings. The van der Waals surface area contributed by atoms with Crippen molar-refractivity contribution in [3.63, 3.8) is 0 Å². The zero-order valence-corrected chi connectivity index (χ0v) is 20.9. The second-order valence-corrected chi connectivity index (χ2v) is 10.6. The Kier molecular flexibility index (Phi) is 5.44. The highest BCUT2D eigenvalue weighted by Crippen LogP contribution is 2.48. The Morgan fingerprint density at radius 3 is 2.65 bits per heavy atom. The van der Waals surface area contributed by atoms with Gasteiger partial charge in [0, 0.05) is 71.1 Å². The van der Waals surface area contributed by atoms with Gasteiger partial charge in [-0.2, -0.15) is 5.10 Å². The molecule has 2 aliphatic carbocycles. The molecule has 188 valence electrons. The van der Waals surface area contributed by atoms with Gasteiger partial charge in [-0.15, -0.1) is 0 Å². The van der Waals surface area contributed by atoms with E-state index >= 15 is 0 Å². The molecule has 3 heterocycles. The van der Waals surface area contributed by atoms with Crippen LogP contribution in [0.2, 0.25) is 0 Å². The van der Waals surface area contributed by atoms with Gasteiger partial charge in [0.1, 0.15) is 5.82 Å². The molecule has 6 nitrogen and oxygen atoms in total. The van der Waals surface area contributed by atoms with E-state index in [1.54, 1.807) is 6.20 Å². The third kappa shape index (κ3) is 3.50. The molecule has 2 aliphatic rings. The Labute approximate surface area is 217 Å². The topological polar surface area (TPSA) is 64.7 Å². The minimum Gasteiger partial charge on any atom is -0.340 e. The van der Waals surface area contributed by atoms with Crippen LogP contribution in [0.3, 0.4) is 0 Å². The standard InChI is InChI=1S/C30H29N5O.CH4/c1-17(2)15-35-24-11-7-18(32-26-6-4-5-13-31-26)14-21(24)28-19-9-12-25(36)29(19)27-20(30(28)35)8-10-23-22(27)16-34(3)33-23;/h4-7,11,13-14,16-17H,8-10,12,15H2,1-3H3,(H,31,32);1H4. The van der Waals surface area contributed by atoms with Crippen molar-refractivity contribution in [2.75, 3.05) is 5.32 Å². The van der Waals surface area contributed by atoms with Gasteiger partial charge >= 0.3 is 0 Å². The highest BCUT2D eigenvalue weighted by atomic mass is 16.1. The minimum atomic E-state index is 0. The number of ketones is 1. The van der Waals surface area contributed by atoms with E-state index in [1.807, 2.05) is 29.9 Å². The van der Waals surface area contributed by atoms with Crippen LogP contribution < -0.4 is 5.32 Å². The van der Waals surface area contributed by atoms with Gasteiger partial charge in [0.05, 0.1) is 11.2 Å². The summed E-state index contributed by atoms with van der Waals surface area (Å²) in [4.78, 5) is 17.8. The molecule has 6 heteroatoms. The monoisotopic (exact) mass is 491 g/mol. The van der Waals surface area contributed by atoms with Crippen molar-refractivity contribution in [3.05, 3.63) is 71.2 Å². The number of Topliss-reactive ketones (excluding diaryl/α,β-unsaturated/α-hetero) is 1. The lowest BCUT2D eigenvalue weighted by Gasteiger charge is -2.22. The fraction of sp³-hybridized carbons (Fsp3) is 0.323. The third-order valence-corrected chi connectivity index (χ3v) is 7.66. The summed E-state index contributed by atoms with van der Waals surface area (Å²) in [5, 5.41) is 10.7. The first-order valence-corrected chi connectivity index (χ1v) is 12.9. The fourth-order valence-corrected chi connectivity index (χ4v) is 6.37. The van der Waals surface area contributed by atoms with E-state index < -0.39 is 0 Å². The second kappa shape index (κ2) is 8.58. The average Bonchev–Trinajstić information content (AvgIpc) is 3.52. The van der Waals surface area contributed by atoms with Crippen LogP contribution in [0.4, 0.5) is 11.5 Å². The van der Waals surface area contributed by atoms with Crippen LogP contribution in [-0.2, 0) is 32.9 Å². The van der Waals surface area contributed by atoms with Crippen LogP contribution >= 0.6 is 0 Å². The number of aryl methyl sites for hydroxylation is 4. The zero-order valence-electron chi connectivity index (χ0n) is 20.9. The second-order valence-electron chi connectivity index (χ2n) is 10.6. The molecule has 0 unspecified atom stereocenters. The molecule has 37 heavy (non-hydrogen) atoms. The van der Waals surface area contributed by atoms with Crippen molar-refractivity contribution in [3.8, 4) is 11.1 Å². The number of carbonyl (C=O) groups is 1. The molecular formula is C31H33N5O. The first-order valence-electron chi connectivity index (χ1n) is 12.9. The van der Waals surface area contributed by atoms with Gasteiger partial charge in [-0.25, -0.2) is 4.98 Å². The van der Waals surface area contributed by atoms with Gasteiger partial charge in [-0.3, -0.25) is 9.48 Å². The molecule has 3 aromatic heterocycles. The van der Waals surface area contributed by atoms with Gasteiger partial charge in [0.2, 0.25) is 0 Å². The Morgan fingerprint density at radius 1 is 1.03 bits per heavy atom. The molecule has 0 radical (unpaired) electrons. The predicted molar refractivity (Wildman–Crippen MR) is 151 cm³/mol. The summed E-state index contributed by atoms with van der Waals surface area (Å²) in [6, 6.07) is 12.5. The molecule has 0 fully saturated rings. The Morgan fingerprint density at radius 2 is 1.86 bits per heavy atom. The van der Waals surface area contributed by atoms with Crippen LogP contribution in [0.25, 0.3) is 32.9 Å². The number of benzene rings is 2. The predicted octanol–water partition coefficient (Wildman–Crippen LogP) is 6.85. The summed E-state index contributed by atoms with van der Waals surface area (Å²) in [5.41, 5.74) is 10.4. The van der Waals surface area contributed by atoms with Crippen molar-refractivity contribution in [2.24, 2.45) is 13.0 Å².